The van der Waals surface area contributed by atoms with Gasteiger partial charge in [0, 0.05) is 6.54 Å². The fourth-order valence-electron chi connectivity index (χ4n) is 3.62. The van der Waals surface area contributed by atoms with E-state index < -0.39 is 0 Å². The second-order valence-corrected chi connectivity index (χ2v) is 9.27. The van der Waals surface area contributed by atoms with Crippen LogP contribution in [-0.4, -0.2) is 44.2 Å². The molecule has 1 N–H and O–H groups in total. The Morgan fingerprint density at radius 2 is 1.50 bits per heavy atom. The minimum atomic E-state index is -0.324. The summed E-state index contributed by atoms with van der Waals surface area (Å²) in [7, 11) is 1.64. The number of halogens is 5. The highest BCUT2D eigenvalue weighted by molar-refractivity contribution is 6.55. The molecule has 5 nitrogen and oxygen atoms in total. The minimum absolute atomic E-state index is 0.00305. The van der Waals surface area contributed by atoms with E-state index in [0.717, 1.165) is 37.2 Å². The van der Waals surface area contributed by atoms with Crippen LogP contribution < -0.4 is 14.8 Å². The van der Waals surface area contributed by atoms with Crippen molar-refractivity contribution in [2.75, 3.05) is 33.4 Å². The van der Waals surface area contributed by atoms with Gasteiger partial charge in [-0.15, -0.1) is 0 Å². The van der Waals surface area contributed by atoms with Gasteiger partial charge in [0.1, 0.15) is 15.8 Å². The fraction of sp³-hybridized carbons (Fsp3) is 0.409. The lowest BCUT2D eigenvalue weighted by molar-refractivity contribution is -0.123. The zero-order chi connectivity index (χ0) is 23.3. The van der Waals surface area contributed by atoms with E-state index in [1.807, 2.05) is 24.3 Å². The van der Waals surface area contributed by atoms with Crippen molar-refractivity contribution in [2.24, 2.45) is 0 Å². The molecule has 1 atom stereocenters. The maximum Gasteiger partial charge on any atom is 0.258 e. The molecule has 1 amide bonds. The van der Waals surface area contributed by atoms with Crippen molar-refractivity contribution in [1.29, 1.82) is 0 Å². The molecule has 1 aliphatic heterocycles. The van der Waals surface area contributed by atoms with Crippen LogP contribution in [0.15, 0.2) is 24.3 Å². The van der Waals surface area contributed by atoms with Crippen molar-refractivity contribution in [3.63, 3.8) is 0 Å². The molecule has 1 unspecified atom stereocenters. The molecule has 174 valence electrons. The summed E-state index contributed by atoms with van der Waals surface area (Å²) in [4.78, 5) is 14.9. The van der Waals surface area contributed by atoms with Crippen LogP contribution in [-0.2, 0) is 4.79 Å². The van der Waals surface area contributed by atoms with Crippen molar-refractivity contribution in [1.82, 2.24) is 10.2 Å². The number of hydrogen-bond acceptors (Lipinski definition) is 4. The Hall–Kier alpha value is -1.08. The first kappa shape index (κ1) is 25.5. The minimum Gasteiger partial charge on any atom is -0.497 e. The number of carbonyl (C=O) groups is 1. The molecule has 0 saturated carbocycles. The van der Waals surface area contributed by atoms with Crippen LogP contribution >= 0.6 is 58.0 Å². The number of piperidine rings is 1. The highest BCUT2D eigenvalue weighted by Crippen LogP contribution is 2.48. The molecule has 1 fully saturated rings. The second-order valence-electron chi connectivity index (χ2n) is 7.38. The maximum atomic E-state index is 12.5. The van der Waals surface area contributed by atoms with Gasteiger partial charge in [-0.25, -0.2) is 0 Å². The number of likely N-dealkylation sites (tertiary alicyclic amines) is 1. The average molecular weight is 541 g/mol. The van der Waals surface area contributed by atoms with Gasteiger partial charge in [-0.2, -0.15) is 0 Å². The first-order valence-electron chi connectivity index (χ1n) is 10.1. The highest BCUT2D eigenvalue weighted by Gasteiger charge is 2.24. The lowest BCUT2D eigenvalue weighted by Crippen LogP contribution is -2.41. The first-order chi connectivity index (χ1) is 15.3. The zero-order valence-corrected chi connectivity index (χ0v) is 21.2. The first-order valence-corrected chi connectivity index (χ1v) is 12.0. The predicted molar refractivity (Wildman–Crippen MR) is 131 cm³/mol. The quantitative estimate of drug-likeness (QED) is 0.300. The summed E-state index contributed by atoms with van der Waals surface area (Å²) < 4.78 is 10.8. The summed E-state index contributed by atoms with van der Waals surface area (Å²) in [5, 5.41) is 3.01. The summed E-state index contributed by atoms with van der Waals surface area (Å²) in [5.41, 5.74) is 1.11. The van der Waals surface area contributed by atoms with E-state index in [1.165, 1.54) is 6.42 Å². The van der Waals surface area contributed by atoms with Crippen molar-refractivity contribution < 1.29 is 14.3 Å². The number of hydrogen-bond donors (Lipinski definition) is 1. The van der Waals surface area contributed by atoms with E-state index in [4.69, 9.17) is 67.5 Å². The zero-order valence-electron chi connectivity index (χ0n) is 17.4. The smallest absolute Gasteiger partial charge is 0.258 e. The van der Waals surface area contributed by atoms with Crippen molar-refractivity contribution in [2.45, 2.75) is 25.3 Å². The maximum absolute atomic E-state index is 12.5. The lowest BCUT2D eigenvalue weighted by Gasteiger charge is -2.35. The summed E-state index contributed by atoms with van der Waals surface area (Å²) in [6.45, 7) is 2.09. The Morgan fingerprint density at radius 1 is 0.938 bits per heavy atom. The molecule has 10 heteroatoms. The third kappa shape index (κ3) is 6.07. The van der Waals surface area contributed by atoms with Crippen LogP contribution in [0, 0.1) is 0 Å². The van der Waals surface area contributed by atoms with Gasteiger partial charge in [0.15, 0.2) is 12.4 Å². The van der Waals surface area contributed by atoms with E-state index in [-0.39, 0.29) is 49.4 Å². The molecule has 0 aliphatic carbocycles. The molecule has 1 heterocycles. The number of amides is 1. The van der Waals surface area contributed by atoms with Gasteiger partial charge >= 0.3 is 0 Å². The molecule has 32 heavy (non-hydrogen) atoms. The molecule has 2 aromatic rings. The number of ether oxygens (including phenoxy) is 2. The van der Waals surface area contributed by atoms with E-state index in [9.17, 15) is 4.79 Å². The monoisotopic (exact) mass is 538 g/mol. The molecule has 0 spiro atoms. The summed E-state index contributed by atoms with van der Waals surface area (Å²) in [6, 6.07) is 7.94. The Bertz CT molecular complexity index is 921. The topological polar surface area (TPSA) is 50.8 Å². The molecular weight excluding hydrogens is 518 g/mol. The van der Waals surface area contributed by atoms with E-state index in [1.54, 1.807) is 7.11 Å². The molecule has 0 aromatic heterocycles. The number of nitrogens with one attached hydrogen (secondary N) is 1. The molecule has 1 saturated heterocycles. The van der Waals surface area contributed by atoms with E-state index in [0.29, 0.717) is 6.54 Å². The number of rotatable bonds is 8. The summed E-state index contributed by atoms with van der Waals surface area (Å²) in [6.07, 6.45) is 3.50. The third-order valence-corrected chi connectivity index (χ3v) is 7.58. The fourth-order valence-corrected chi connectivity index (χ4v) is 4.85. The highest BCUT2D eigenvalue weighted by atomic mass is 35.5. The molecule has 0 radical (unpaired) electrons. The van der Waals surface area contributed by atoms with E-state index in [2.05, 4.69) is 10.2 Å². The molecule has 3 rings (SSSR count). The van der Waals surface area contributed by atoms with Gasteiger partial charge in [-0.3, -0.25) is 9.69 Å². The van der Waals surface area contributed by atoms with Crippen LogP contribution in [0.1, 0.15) is 30.9 Å². The Labute approximate surface area is 212 Å². The largest absolute Gasteiger partial charge is 0.497 e. The predicted octanol–water partition coefficient (Wildman–Crippen LogP) is 6.68. The molecular formula is C22H23Cl5N2O3. The number of benzene rings is 2. The lowest BCUT2D eigenvalue weighted by atomic mass is 10.0. The van der Waals surface area contributed by atoms with Gasteiger partial charge in [0.05, 0.1) is 28.2 Å². The van der Waals surface area contributed by atoms with Crippen molar-refractivity contribution in [3.8, 4) is 11.5 Å². The van der Waals surface area contributed by atoms with Crippen LogP contribution in [0.25, 0.3) is 0 Å². The molecule has 1 aliphatic rings. The van der Waals surface area contributed by atoms with Gasteiger partial charge in [0.25, 0.3) is 5.91 Å². The molecule has 0 bridgehead atoms. The standard InChI is InChI=1S/C22H23Cl5N2O3/c1-31-14-7-5-13(6-8-14)15(29-9-3-2-4-10-29)11-28-16(30)12-32-22-20(26)18(24)17(23)19(25)21(22)27/h5-8,15H,2-4,9-12H2,1H3,(H,28,30). The van der Waals surface area contributed by atoms with Gasteiger partial charge in [0.2, 0.25) is 0 Å². The van der Waals surface area contributed by atoms with Gasteiger partial charge in [-0.05, 0) is 43.6 Å². The molecule has 2 aromatic carbocycles. The van der Waals surface area contributed by atoms with E-state index >= 15 is 0 Å². The van der Waals surface area contributed by atoms with Crippen LogP contribution in [0.2, 0.25) is 25.1 Å². The Morgan fingerprint density at radius 3 is 2.06 bits per heavy atom. The normalized spacial score (nSPS) is 15.3. The number of nitrogens with zero attached hydrogens (tertiary/aromatic N) is 1. The second kappa shape index (κ2) is 11.9. The summed E-state index contributed by atoms with van der Waals surface area (Å²) >= 11 is 30.4. The number of carbonyl (C=O) groups excluding carboxylic acids is 1. The number of methoxy groups -OCH3 is 1. The Kier molecular flexibility index (Phi) is 9.47. The third-order valence-electron chi connectivity index (χ3n) is 5.34. The van der Waals surface area contributed by atoms with Crippen LogP contribution in [0.4, 0.5) is 0 Å². The van der Waals surface area contributed by atoms with Crippen LogP contribution in [0.3, 0.4) is 0 Å². The van der Waals surface area contributed by atoms with Crippen LogP contribution in [0.5, 0.6) is 11.5 Å². The van der Waals surface area contributed by atoms with Gasteiger partial charge in [-0.1, -0.05) is 76.6 Å². The summed E-state index contributed by atoms with van der Waals surface area (Å²) in [5.74, 6) is 0.484. The SMILES string of the molecule is COc1ccc(C(CNC(=O)COc2c(Cl)c(Cl)c(Cl)c(Cl)c2Cl)N2CCCCC2)cc1. The van der Waals surface area contributed by atoms with Crippen molar-refractivity contribution >= 4 is 63.9 Å². The van der Waals surface area contributed by atoms with Crippen molar-refractivity contribution in [3.05, 3.63) is 54.9 Å². The Balaban J connectivity index is 1.66. The average Bonchev–Trinajstić information content (AvgIpc) is 2.82. The van der Waals surface area contributed by atoms with Gasteiger partial charge < -0.3 is 14.8 Å².